The van der Waals surface area contributed by atoms with E-state index < -0.39 is 0 Å². The highest BCUT2D eigenvalue weighted by molar-refractivity contribution is 5.69. The summed E-state index contributed by atoms with van der Waals surface area (Å²) in [6.45, 7) is 4.17. The van der Waals surface area contributed by atoms with E-state index in [1.807, 2.05) is 0 Å². The minimum atomic E-state index is -0.0409. The number of carbonyl (C=O) groups is 1. The van der Waals surface area contributed by atoms with Gasteiger partial charge >= 0.3 is 5.97 Å². The molecular formula is C16H28O3. The van der Waals surface area contributed by atoms with Gasteiger partial charge in [0.25, 0.3) is 0 Å². The number of rotatable bonds is 10. The maximum absolute atomic E-state index is 11.5. The summed E-state index contributed by atoms with van der Waals surface area (Å²) in [6, 6.07) is 0. The largest absolute Gasteiger partial charge is 0.465 e. The van der Waals surface area contributed by atoms with Gasteiger partial charge in [0.2, 0.25) is 0 Å². The first kappa shape index (κ1) is 16.2. The van der Waals surface area contributed by atoms with Crippen LogP contribution >= 0.6 is 0 Å². The molecule has 1 saturated heterocycles. The Morgan fingerprint density at radius 1 is 1.26 bits per heavy atom. The van der Waals surface area contributed by atoms with E-state index in [0.29, 0.717) is 18.9 Å². The maximum atomic E-state index is 11.5. The molecule has 1 unspecified atom stereocenters. The number of hydrogen-bond acceptors (Lipinski definition) is 3. The van der Waals surface area contributed by atoms with E-state index in [1.54, 1.807) is 0 Å². The van der Waals surface area contributed by atoms with Crippen LogP contribution in [0.3, 0.4) is 0 Å². The molecule has 0 aromatic carbocycles. The van der Waals surface area contributed by atoms with Crippen molar-refractivity contribution in [1.82, 2.24) is 0 Å². The molecule has 0 N–H and O–H groups in total. The first-order valence-electron chi connectivity index (χ1n) is 7.67. The molecule has 0 aromatic rings. The van der Waals surface area contributed by atoms with Crippen molar-refractivity contribution in [3.8, 4) is 0 Å². The molecule has 0 radical (unpaired) electrons. The Morgan fingerprint density at radius 2 is 2.05 bits per heavy atom. The SMILES string of the molecule is C/C=C\CCCCCCCC(=O)OCC1CCOC1. The van der Waals surface area contributed by atoms with Crippen molar-refractivity contribution in [2.45, 2.75) is 58.3 Å². The predicted molar refractivity (Wildman–Crippen MR) is 77.0 cm³/mol. The van der Waals surface area contributed by atoms with Crippen molar-refractivity contribution in [1.29, 1.82) is 0 Å². The van der Waals surface area contributed by atoms with Crippen molar-refractivity contribution in [2.75, 3.05) is 19.8 Å². The number of ether oxygens (including phenoxy) is 2. The molecule has 0 aromatic heterocycles. The summed E-state index contributed by atoms with van der Waals surface area (Å²) in [7, 11) is 0. The summed E-state index contributed by atoms with van der Waals surface area (Å²) >= 11 is 0. The van der Waals surface area contributed by atoms with Gasteiger partial charge in [-0.05, 0) is 32.6 Å². The molecule has 19 heavy (non-hydrogen) atoms. The van der Waals surface area contributed by atoms with Crippen molar-refractivity contribution >= 4 is 5.97 Å². The van der Waals surface area contributed by atoms with Crippen LogP contribution in [0.5, 0.6) is 0 Å². The lowest BCUT2D eigenvalue weighted by Gasteiger charge is -2.08. The highest BCUT2D eigenvalue weighted by Crippen LogP contribution is 2.13. The van der Waals surface area contributed by atoms with Gasteiger partial charge in [0.15, 0.2) is 0 Å². The highest BCUT2D eigenvalue weighted by Gasteiger charge is 2.17. The average Bonchev–Trinajstić information content (AvgIpc) is 2.93. The second kappa shape index (κ2) is 11.0. The fourth-order valence-corrected chi connectivity index (χ4v) is 2.23. The van der Waals surface area contributed by atoms with Gasteiger partial charge in [-0.25, -0.2) is 0 Å². The topological polar surface area (TPSA) is 35.5 Å². The van der Waals surface area contributed by atoms with Crippen LogP contribution < -0.4 is 0 Å². The third-order valence-corrected chi connectivity index (χ3v) is 3.49. The van der Waals surface area contributed by atoms with Gasteiger partial charge in [0, 0.05) is 18.9 Å². The van der Waals surface area contributed by atoms with Crippen LogP contribution in [-0.4, -0.2) is 25.8 Å². The molecule has 1 fully saturated rings. The number of hydrogen-bond donors (Lipinski definition) is 0. The molecule has 1 aliphatic rings. The van der Waals surface area contributed by atoms with Crippen LogP contribution in [0.4, 0.5) is 0 Å². The summed E-state index contributed by atoms with van der Waals surface area (Å²) in [5.41, 5.74) is 0. The Kier molecular flexibility index (Phi) is 9.42. The van der Waals surface area contributed by atoms with E-state index in [2.05, 4.69) is 19.1 Å². The summed E-state index contributed by atoms with van der Waals surface area (Å²) in [5, 5.41) is 0. The Labute approximate surface area is 117 Å². The lowest BCUT2D eigenvalue weighted by molar-refractivity contribution is -0.145. The van der Waals surface area contributed by atoms with Gasteiger partial charge in [-0.3, -0.25) is 4.79 Å². The molecule has 1 rings (SSSR count). The molecule has 0 amide bonds. The van der Waals surface area contributed by atoms with Crippen LogP contribution in [0.15, 0.2) is 12.2 Å². The van der Waals surface area contributed by atoms with Gasteiger partial charge in [0.1, 0.15) is 0 Å². The van der Waals surface area contributed by atoms with Gasteiger partial charge in [-0.1, -0.05) is 31.4 Å². The minimum absolute atomic E-state index is 0.0409. The quantitative estimate of drug-likeness (QED) is 0.343. The smallest absolute Gasteiger partial charge is 0.305 e. The molecule has 0 bridgehead atoms. The normalized spacial score (nSPS) is 19.1. The predicted octanol–water partition coefficient (Wildman–Crippen LogP) is 3.87. The number of allylic oxidation sites excluding steroid dienone is 2. The van der Waals surface area contributed by atoms with E-state index in [0.717, 1.165) is 32.5 Å². The van der Waals surface area contributed by atoms with E-state index >= 15 is 0 Å². The van der Waals surface area contributed by atoms with Gasteiger partial charge in [-0.15, -0.1) is 0 Å². The summed E-state index contributed by atoms with van der Waals surface area (Å²) in [4.78, 5) is 11.5. The van der Waals surface area contributed by atoms with Crippen LogP contribution in [0.25, 0.3) is 0 Å². The first-order chi connectivity index (χ1) is 9.33. The zero-order valence-electron chi connectivity index (χ0n) is 12.2. The van der Waals surface area contributed by atoms with Gasteiger partial charge in [-0.2, -0.15) is 0 Å². The van der Waals surface area contributed by atoms with Crippen molar-refractivity contribution in [2.24, 2.45) is 5.92 Å². The third kappa shape index (κ3) is 8.82. The summed E-state index contributed by atoms with van der Waals surface area (Å²) in [6.07, 6.45) is 12.9. The molecular weight excluding hydrogens is 240 g/mol. The molecule has 0 spiro atoms. The van der Waals surface area contributed by atoms with Crippen molar-refractivity contribution in [3.05, 3.63) is 12.2 Å². The molecule has 1 atom stereocenters. The molecule has 1 heterocycles. The van der Waals surface area contributed by atoms with Crippen molar-refractivity contribution < 1.29 is 14.3 Å². The van der Waals surface area contributed by atoms with Crippen LogP contribution in [0, 0.1) is 5.92 Å². The van der Waals surface area contributed by atoms with E-state index in [4.69, 9.17) is 9.47 Å². The number of carbonyl (C=O) groups excluding carboxylic acids is 1. The molecule has 0 saturated carbocycles. The summed E-state index contributed by atoms with van der Waals surface area (Å²) in [5.74, 6) is 0.386. The fraction of sp³-hybridized carbons (Fsp3) is 0.812. The maximum Gasteiger partial charge on any atom is 0.305 e. The van der Waals surface area contributed by atoms with Gasteiger partial charge < -0.3 is 9.47 Å². The monoisotopic (exact) mass is 268 g/mol. The number of esters is 1. The molecule has 3 nitrogen and oxygen atoms in total. The molecule has 1 aliphatic heterocycles. The zero-order chi connectivity index (χ0) is 13.8. The average molecular weight is 268 g/mol. The van der Waals surface area contributed by atoms with E-state index in [9.17, 15) is 4.79 Å². The Balaban J connectivity index is 1.84. The third-order valence-electron chi connectivity index (χ3n) is 3.49. The highest BCUT2D eigenvalue weighted by atomic mass is 16.5. The van der Waals surface area contributed by atoms with Crippen LogP contribution in [0.1, 0.15) is 58.3 Å². The second-order valence-corrected chi connectivity index (χ2v) is 5.29. The molecule has 3 heteroatoms. The fourth-order valence-electron chi connectivity index (χ4n) is 2.23. The van der Waals surface area contributed by atoms with Crippen LogP contribution in [-0.2, 0) is 14.3 Å². The van der Waals surface area contributed by atoms with E-state index in [-0.39, 0.29) is 5.97 Å². The molecule has 110 valence electrons. The molecule has 0 aliphatic carbocycles. The van der Waals surface area contributed by atoms with Gasteiger partial charge in [0.05, 0.1) is 13.2 Å². The van der Waals surface area contributed by atoms with Crippen molar-refractivity contribution in [3.63, 3.8) is 0 Å². The minimum Gasteiger partial charge on any atom is -0.465 e. The lowest BCUT2D eigenvalue weighted by atomic mass is 10.1. The lowest BCUT2D eigenvalue weighted by Crippen LogP contribution is -2.13. The number of unbranched alkanes of at least 4 members (excludes halogenated alkanes) is 5. The van der Waals surface area contributed by atoms with E-state index in [1.165, 1.54) is 25.7 Å². The zero-order valence-corrected chi connectivity index (χ0v) is 12.2. The standard InChI is InChI=1S/C16H28O3/c1-2-3-4-5-6-7-8-9-10-16(17)19-14-15-11-12-18-13-15/h2-3,15H,4-14H2,1H3/b3-2-. The second-order valence-electron chi connectivity index (χ2n) is 5.29. The first-order valence-corrected chi connectivity index (χ1v) is 7.67. The summed E-state index contributed by atoms with van der Waals surface area (Å²) < 4.78 is 10.5. The van der Waals surface area contributed by atoms with Crippen LogP contribution in [0.2, 0.25) is 0 Å². The Morgan fingerprint density at radius 3 is 2.79 bits per heavy atom. The Bertz CT molecular complexity index is 255. The Hall–Kier alpha value is -0.830.